The molecule has 230 valence electrons. The van der Waals surface area contributed by atoms with E-state index in [4.69, 9.17) is 21.1 Å². The molecule has 5 rings (SSSR count). The number of halogens is 1. The lowest BCUT2D eigenvalue weighted by Gasteiger charge is -2.40. The largest absolute Gasteiger partial charge is 0.495 e. The highest BCUT2D eigenvalue weighted by atomic mass is 35.5. The van der Waals surface area contributed by atoms with E-state index in [-0.39, 0.29) is 36.2 Å². The van der Waals surface area contributed by atoms with Gasteiger partial charge in [0.1, 0.15) is 11.8 Å². The number of amides is 3. The summed E-state index contributed by atoms with van der Waals surface area (Å²) in [6, 6.07) is 14.2. The van der Waals surface area contributed by atoms with Crippen LogP contribution in [0.2, 0.25) is 5.02 Å². The molecule has 3 aliphatic rings. The Balaban J connectivity index is 1.30. The first-order valence-electron chi connectivity index (χ1n) is 15.1. The number of benzene rings is 2. The van der Waals surface area contributed by atoms with Crippen LogP contribution in [0.15, 0.2) is 60.7 Å². The Morgan fingerprint density at radius 1 is 1.12 bits per heavy atom. The van der Waals surface area contributed by atoms with E-state index >= 15 is 0 Å². The zero-order valence-corrected chi connectivity index (χ0v) is 25.4. The van der Waals surface area contributed by atoms with Crippen LogP contribution in [0.25, 0.3) is 0 Å². The second-order valence-electron chi connectivity index (χ2n) is 11.8. The summed E-state index contributed by atoms with van der Waals surface area (Å²) in [7, 11) is 1.55. The maximum atomic E-state index is 13.8. The van der Waals surface area contributed by atoms with Gasteiger partial charge in [0.15, 0.2) is 0 Å². The number of likely N-dealkylation sites (tertiary alicyclic amines) is 1. The molecule has 0 unspecified atom stereocenters. The third kappa shape index (κ3) is 7.96. The zero-order valence-electron chi connectivity index (χ0n) is 24.7. The molecule has 3 heterocycles. The van der Waals surface area contributed by atoms with Gasteiger partial charge in [-0.25, -0.2) is 0 Å². The number of methoxy groups -OCH3 is 1. The second kappa shape index (κ2) is 14.4. The van der Waals surface area contributed by atoms with Crippen molar-refractivity contribution in [3.63, 3.8) is 0 Å². The number of hydrogen-bond donors (Lipinski definition) is 3. The molecule has 0 radical (unpaired) electrons. The first kappa shape index (κ1) is 31.0. The van der Waals surface area contributed by atoms with Crippen LogP contribution in [0, 0.1) is 11.3 Å². The number of ether oxygens (including phenoxy) is 2. The minimum absolute atomic E-state index is 0.0662. The van der Waals surface area contributed by atoms with Gasteiger partial charge in [-0.2, -0.15) is 0 Å². The molecule has 0 aromatic heterocycles. The van der Waals surface area contributed by atoms with Gasteiger partial charge >= 0.3 is 0 Å². The molecule has 3 aliphatic heterocycles. The van der Waals surface area contributed by atoms with Gasteiger partial charge in [-0.3, -0.25) is 19.3 Å². The van der Waals surface area contributed by atoms with E-state index in [1.54, 1.807) is 25.3 Å². The molecule has 1 spiro atoms. The molecular formula is C33H41ClN4O5. The van der Waals surface area contributed by atoms with Gasteiger partial charge in [-0.1, -0.05) is 54.1 Å². The molecule has 2 fully saturated rings. The number of fused-ring (bicyclic) bond motifs is 1. The van der Waals surface area contributed by atoms with Crippen LogP contribution in [0.5, 0.6) is 5.75 Å². The van der Waals surface area contributed by atoms with Crippen molar-refractivity contribution in [2.75, 3.05) is 45.3 Å². The van der Waals surface area contributed by atoms with Crippen molar-refractivity contribution < 1.29 is 23.9 Å². The predicted octanol–water partition coefficient (Wildman–Crippen LogP) is 3.97. The smallest absolute Gasteiger partial charge is 0.243 e. The van der Waals surface area contributed by atoms with E-state index in [1.165, 1.54) is 0 Å². The molecule has 3 N–H and O–H groups in total. The lowest BCUT2D eigenvalue weighted by atomic mass is 9.75. The molecule has 3 atom stereocenters. The van der Waals surface area contributed by atoms with Crippen molar-refractivity contribution in [2.45, 2.75) is 50.6 Å². The number of allylic oxidation sites excluding steroid dienone is 2. The first-order chi connectivity index (χ1) is 20.8. The maximum absolute atomic E-state index is 13.8. The van der Waals surface area contributed by atoms with Gasteiger partial charge < -0.3 is 25.4 Å². The Labute approximate surface area is 258 Å². The summed E-state index contributed by atoms with van der Waals surface area (Å²) in [6.45, 7) is 2.63. The van der Waals surface area contributed by atoms with Crippen LogP contribution in [0.3, 0.4) is 0 Å². The van der Waals surface area contributed by atoms with Crippen molar-refractivity contribution >= 4 is 35.0 Å². The van der Waals surface area contributed by atoms with Gasteiger partial charge in [0, 0.05) is 44.5 Å². The van der Waals surface area contributed by atoms with Gasteiger partial charge in [0.2, 0.25) is 17.7 Å². The highest BCUT2D eigenvalue weighted by Gasteiger charge is 2.41. The molecule has 0 aliphatic carbocycles. The average Bonchev–Trinajstić information content (AvgIpc) is 3.00. The molecule has 3 amide bonds. The van der Waals surface area contributed by atoms with E-state index in [9.17, 15) is 14.4 Å². The van der Waals surface area contributed by atoms with E-state index in [0.717, 1.165) is 12.0 Å². The van der Waals surface area contributed by atoms with Crippen molar-refractivity contribution in [1.29, 1.82) is 0 Å². The van der Waals surface area contributed by atoms with Crippen LogP contribution < -0.4 is 20.7 Å². The summed E-state index contributed by atoms with van der Waals surface area (Å²) in [5.74, 6) is 0.302. The van der Waals surface area contributed by atoms with Crippen LogP contribution in [0.1, 0.15) is 37.7 Å². The summed E-state index contributed by atoms with van der Waals surface area (Å²) in [6.07, 6.45) is 7.98. The van der Waals surface area contributed by atoms with Gasteiger partial charge in [0.25, 0.3) is 0 Å². The minimum atomic E-state index is -0.682. The molecule has 9 nitrogen and oxygen atoms in total. The predicted molar refractivity (Wildman–Crippen MR) is 166 cm³/mol. The van der Waals surface area contributed by atoms with E-state index in [0.29, 0.717) is 74.9 Å². The van der Waals surface area contributed by atoms with Crippen LogP contribution in [0.4, 0.5) is 5.69 Å². The Hall–Kier alpha value is -3.40. The monoisotopic (exact) mass is 608 g/mol. The number of anilines is 1. The number of nitrogens with zero attached hydrogens (tertiary/aromatic N) is 1. The standard InChI is InChI=1S/C33H41ClN4O5/c1-42-29-11-10-25(20-26(29)34)35-30(39)22-38-16-12-27-24(21-38)9-5-6-13-33(14-17-43-18-15-33)32(41)37-28(31(40)36-27)19-23-7-3-2-4-8-23/h2-8,10-11,20,24,27-28H,9,12-19,21-22H2,1H3,(H,35,39)(H,36,40)(H,37,41)/b6-5+/t24-,27-,28-/m0/s1. The third-order valence-corrected chi connectivity index (χ3v) is 9.19. The molecular weight excluding hydrogens is 568 g/mol. The number of rotatable bonds is 6. The number of carbonyl (C=O) groups is 3. The average molecular weight is 609 g/mol. The lowest BCUT2D eigenvalue weighted by Crippen LogP contribution is -2.58. The molecule has 2 saturated heterocycles. The molecule has 2 aromatic carbocycles. The number of piperidine rings is 1. The summed E-state index contributed by atoms with van der Waals surface area (Å²) in [5, 5.41) is 9.78. The van der Waals surface area contributed by atoms with Crippen LogP contribution >= 0.6 is 11.6 Å². The molecule has 43 heavy (non-hydrogen) atoms. The normalized spacial score (nSPS) is 25.3. The first-order valence-corrected chi connectivity index (χ1v) is 15.5. The Morgan fingerprint density at radius 2 is 1.91 bits per heavy atom. The Morgan fingerprint density at radius 3 is 2.65 bits per heavy atom. The lowest BCUT2D eigenvalue weighted by molar-refractivity contribution is -0.140. The maximum Gasteiger partial charge on any atom is 0.243 e. The van der Waals surface area contributed by atoms with Gasteiger partial charge in [-0.05, 0) is 61.8 Å². The second-order valence-corrected chi connectivity index (χ2v) is 12.2. The van der Waals surface area contributed by atoms with Gasteiger partial charge in [0.05, 0.1) is 24.1 Å². The Kier molecular flexibility index (Phi) is 10.4. The van der Waals surface area contributed by atoms with Crippen molar-refractivity contribution in [1.82, 2.24) is 15.5 Å². The summed E-state index contributed by atoms with van der Waals surface area (Å²) in [4.78, 5) is 42.6. The summed E-state index contributed by atoms with van der Waals surface area (Å²) < 4.78 is 10.8. The fourth-order valence-corrected chi connectivity index (χ4v) is 6.61. The number of carbonyl (C=O) groups excluding carboxylic acids is 3. The van der Waals surface area contributed by atoms with Crippen molar-refractivity contribution in [3.05, 3.63) is 71.3 Å². The summed E-state index contributed by atoms with van der Waals surface area (Å²) in [5.41, 5.74) is 1.01. The SMILES string of the molecule is COc1ccc(NC(=O)CN2CC[C@@H]3NC(=O)[C@H](Cc4ccccc4)NC(=O)C4(C/C=C/C[C@H]3C2)CCOCC4)cc1Cl. The Bertz CT molecular complexity index is 1310. The van der Waals surface area contributed by atoms with E-state index < -0.39 is 11.5 Å². The molecule has 0 bridgehead atoms. The fraction of sp³-hybridized carbons (Fsp3) is 0.485. The van der Waals surface area contributed by atoms with Gasteiger partial charge in [-0.15, -0.1) is 0 Å². The van der Waals surface area contributed by atoms with E-state index in [1.807, 2.05) is 30.3 Å². The minimum Gasteiger partial charge on any atom is -0.495 e. The third-order valence-electron chi connectivity index (χ3n) is 8.90. The zero-order chi connectivity index (χ0) is 30.2. The highest BCUT2D eigenvalue weighted by Crippen LogP contribution is 2.36. The quantitative estimate of drug-likeness (QED) is 0.428. The van der Waals surface area contributed by atoms with Crippen molar-refractivity contribution in [2.24, 2.45) is 11.3 Å². The molecule has 0 saturated carbocycles. The van der Waals surface area contributed by atoms with Crippen LogP contribution in [-0.2, 0) is 25.5 Å². The highest BCUT2D eigenvalue weighted by molar-refractivity contribution is 6.32. The fourth-order valence-electron chi connectivity index (χ4n) is 6.35. The van der Waals surface area contributed by atoms with Crippen molar-refractivity contribution in [3.8, 4) is 5.75 Å². The topological polar surface area (TPSA) is 109 Å². The summed E-state index contributed by atoms with van der Waals surface area (Å²) >= 11 is 6.22. The molecule has 10 heteroatoms. The van der Waals surface area contributed by atoms with Crippen LogP contribution in [-0.4, -0.2) is 74.7 Å². The number of nitrogens with one attached hydrogen (secondary N) is 3. The van der Waals surface area contributed by atoms with E-state index in [2.05, 4.69) is 33.0 Å². The molecule has 2 aromatic rings. The number of hydrogen-bond acceptors (Lipinski definition) is 6.